The molecule has 2 nitrogen and oxygen atoms in total. The van der Waals surface area contributed by atoms with E-state index in [0.29, 0.717) is 0 Å². The van der Waals surface area contributed by atoms with Crippen molar-refractivity contribution in [2.24, 2.45) is 0 Å². The first-order valence-corrected chi connectivity index (χ1v) is 4.08. The Kier molecular flexibility index (Phi) is 4.26. The van der Waals surface area contributed by atoms with Crippen molar-refractivity contribution in [2.75, 3.05) is 0 Å². The van der Waals surface area contributed by atoms with Gasteiger partial charge in [-0.15, -0.1) is 0 Å². The molecule has 0 amide bonds. The van der Waals surface area contributed by atoms with Crippen molar-refractivity contribution >= 4 is 0 Å². The third kappa shape index (κ3) is 2.81. The molecule has 0 aromatic carbocycles. The maximum atomic E-state index is 12.7. The zero-order chi connectivity index (χ0) is 13.2. The molecule has 0 aliphatic carbocycles. The van der Waals surface area contributed by atoms with Crippen molar-refractivity contribution in [1.29, 1.82) is 0 Å². The molecule has 0 spiro atoms. The third-order valence-corrected chi connectivity index (χ3v) is 1.35. The Morgan fingerprint density at radius 1 is 1.00 bits per heavy atom. The van der Waals surface area contributed by atoms with Crippen LogP contribution < -0.4 is 0 Å². The molecular weight excluding hydrogens is 242 g/mol. The van der Waals surface area contributed by atoms with Crippen LogP contribution in [0.4, 0.5) is 26.3 Å². The molecule has 96 valence electrons. The largest absolute Gasteiger partial charge is 0.473 e. The highest BCUT2D eigenvalue weighted by atomic mass is 19.4. The number of hydrogen-bond donors (Lipinski definition) is 0. The van der Waals surface area contributed by atoms with Crippen molar-refractivity contribution in [2.45, 2.75) is 38.1 Å². The molecule has 8 heteroatoms. The second-order valence-corrected chi connectivity index (χ2v) is 3.06. The van der Waals surface area contributed by atoms with Gasteiger partial charge in [0, 0.05) is 0 Å². The Morgan fingerprint density at radius 2 is 1.44 bits per heavy atom. The number of hydrogen-bond acceptors (Lipinski definition) is 2. The summed E-state index contributed by atoms with van der Waals surface area (Å²) in [6.45, 7) is 4.57. The van der Waals surface area contributed by atoms with Crippen LogP contribution >= 0.6 is 0 Å². The molecule has 0 aromatic rings. The Morgan fingerprint density at radius 3 is 1.75 bits per heavy atom. The van der Waals surface area contributed by atoms with E-state index in [0.717, 1.165) is 13.8 Å². The summed E-state index contributed by atoms with van der Waals surface area (Å²) in [6.07, 6.45) is -12.2. The monoisotopic (exact) mass is 252 g/mol. The first kappa shape index (κ1) is 15.1. The maximum absolute atomic E-state index is 12.7. The summed E-state index contributed by atoms with van der Waals surface area (Å²) in [5, 5.41) is 0. The minimum Gasteiger partial charge on any atom is -0.436 e. The Labute approximate surface area is 87.8 Å². The van der Waals surface area contributed by atoms with Gasteiger partial charge in [0.05, 0.1) is 12.4 Å². The standard InChI is InChI=1S/C8H10F6O2/c1-4-15-7(11,12)6(9,10)8(13,14)16-5(2)3/h4-5H,1H2,2-3H3. The highest BCUT2D eigenvalue weighted by molar-refractivity contribution is 4.87. The molecule has 16 heavy (non-hydrogen) atoms. The first-order chi connectivity index (χ1) is 6.98. The van der Waals surface area contributed by atoms with E-state index in [1.807, 2.05) is 0 Å². The van der Waals surface area contributed by atoms with E-state index >= 15 is 0 Å². The summed E-state index contributed by atoms with van der Waals surface area (Å²) < 4.78 is 82.5. The molecule has 0 atom stereocenters. The van der Waals surface area contributed by atoms with Crippen LogP contribution in [0.25, 0.3) is 0 Å². The molecule has 0 aliphatic heterocycles. The normalized spacial score (nSPS) is 14.1. The van der Waals surface area contributed by atoms with E-state index in [9.17, 15) is 26.3 Å². The van der Waals surface area contributed by atoms with Crippen molar-refractivity contribution in [3.05, 3.63) is 12.8 Å². The second-order valence-electron chi connectivity index (χ2n) is 3.06. The van der Waals surface area contributed by atoms with Crippen molar-refractivity contribution in [1.82, 2.24) is 0 Å². The summed E-state index contributed by atoms with van der Waals surface area (Å²) in [7, 11) is 0. The predicted molar refractivity (Wildman–Crippen MR) is 42.3 cm³/mol. The van der Waals surface area contributed by atoms with E-state index in [2.05, 4.69) is 16.1 Å². The minimum absolute atomic E-state index is 0.0562. The third-order valence-electron chi connectivity index (χ3n) is 1.35. The lowest BCUT2D eigenvalue weighted by molar-refractivity contribution is -0.446. The lowest BCUT2D eigenvalue weighted by Gasteiger charge is -2.31. The van der Waals surface area contributed by atoms with E-state index < -0.39 is 24.2 Å². The average Bonchev–Trinajstić information content (AvgIpc) is 2.00. The van der Waals surface area contributed by atoms with Crippen LogP contribution in [-0.2, 0) is 9.47 Å². The Balaban J connectivity index is 5.08. The Hall–Kier alpha value is -0.920. The summed E-state index contributed by atoms with van der Waals surface area (Å²) in [5.74, 6) is -5.81. The lowest BCUT2D eigenvalue weighted by Crippen LogP contribution is -2.56. The van der Waals surface area contributed by atoms with Crippen LogP contribution in [0.15, 0.2) is 12.8 Å². The predicted octanol–water partition coefficient (Wildman–Crippen LogP) is 3.39. The number of rotatable bonds is 6. The summed E-state index contributed by atoms with van der Waals surface area (Å²) in [6, 6.07) is 0. The summed E-state index contributed by atoms with van der Waals surface area (Å²) >= 11 is 0. The fourth-order valence-electron chi connectivity index (χ4n) is 0.718. The van der Waals surface area contributed by atoms with Crippen molar-refractivity contribution < 1.29 is 35.8 Å². The van der Waals surface area contributed by atoms with Crippen LogP contribution in [0.5, 0.6) is 0 Å². The topological polar surface area (TPSA) is 18.5 Å². The second kappa shape index (κ2) is 4.52. The minimum atomic E-state index is -5.81. The highest BCUT2D eigenvalue weighted by Gasteiger charge is 2.75. The number of halogens is 6. The molecule has 0 heterocycles. The molecule has 0 saturated carbocycles. The first-order valence-electron chi connectivity index (χ1n) is 4.08. The molecule has 0 rings (SSSR count). The summed E-state index contributed by atoms with van der Waals surface area (Å²) in [5.41, 5.74) is 0. The van der Waals surface area contributed by atoms with Crippen LogP contribution in [0, 0.1) is 0 Å². The fourth-order valence-corrected chi connectivity index (χ4v) is 0.718. The molecule has 0 N–H and O–H groups in total. The van der Waals surface area contributed by atoms with Gasteiger partial charge in [0.2, 0.25) is 0 Å². The lowest BCUT2D eigenvalue weighted by atomic mass is 10.3. The van der Waals surface area contributed by atoms with E-state index in [1.54, 1.807) is 0 Å². The Bertz CT molecular complexity index is 251. The van der Waals surface area contributed by atoms with Crippen LogP contribution in [-0.4, -0.2) is 24.2 Å². The molecule has 0 saturated heterocycles. The molecule has 0 aliphatic rings. The van der Waals surface area contributed by atoms with Gasteiger partial charge in [0.15, 0.2) is 0 Å². The molecule has 0 unspecified atom stereocenters. The van der Waals surface area contributed by atoms with Gasteiger partial charge in [-0.3, -0.25) is 0 Å². The summed E-state index contributed by atoms with van der Waals surface area (Å²) in [4.78, 5) is 0. The molecule has 0 radical (unpaired) electrons. The average molecular weight is 252 g/mol. The van der Waals surface area contributed by atoms with Crippen LogP contribution in [0.2, 0.25) is 0 Å². The van der Waals surface area contributed by atoms with Crippen LogP contribution in [0.3, 0.4) is 0 Å². The van der Waals surface area contributed by atoms with Gasteiger partial charge in [0.1, 0.15) is 0 Å². The molecule has 0 aromatic heterocycles. The molecule has 0 fully saturated rings. The zero-order valence-corrected chi connectivity index (χ0v) is 8.45. The van der Waals surface area contributed by atoms with Crippen molar-refractivity contribution in [3.63, 3.8) is 0 Å². The van der Waals surface area contributed by atoms with Gasteiger partial charge in [-0.2, -0.15) is 26.3 Å². The zero-order valence-electron chi connectivity index (χ0n) is 8.45. The van der Waals surface area contributed by atoms with Gasteiger partial charge in [0.25, 0.3) is 0 Å². The van der Waals surface area contributed by atoms with Gasteiger partial charge < -0.3 is 9.47 Å². The van der Waals surface area contributed by atoms with Gasteiger partial charge in [-0.05, 0) is 13.8 Å². The number of ether oxygens (including phenoxy) is 2. The quantitative estimate of drug-likeness (QED) is 0.533. The van der Waals surface area contributed by atoms with E-state index in [1.165, 1.54) is 0 Å². The molecular formula is C8H10F6O2. The smallest absolute Gasteiger partial charge is 0.436 e. The van der Waals surface area contributed by atoms with E-state index in [-0.39, 0.29) is 6.26 Å². The maximum Gasteiger partial charge on any atom is 0.473 e. The number of alkyl halides is 6. The van der Waals surface area contributed by atoms with E-state index in [4.69, 9.17) is 0 Å². The van der Waals surface area contributed by atoms with Gasteiger partial charge in [-0.25, -0.2) is 0 Å². The molecule has 0 bridgehead atoms. The highest BCUT2D eigenvalue weighted by Crippen LogP contribution is 2.47. The van der Waals surface area contributed by atoms with Crippen LogP contribution in [0.1, 0.15) is 13.8 Å². The van der Waals surface area contributed by atoms with Gasteiger partial charge in [-0.1, -0.05) is 6.58 Å². The fraction of sp³-hybridized carbons (Fsp3) is 0.750. The SMILES string of the molecule is C=COC(F)(F)C(F)(F)C(F)(F)OC(C)C. The van der Waals surface area contributed by atoms with Gasteiger partial charge >= 0.3 is 18.1 Å². The van der Waals surface area contributed by atoms with Crippen molar-refractivity contribution in [3.8, 4) is 0 Å².